The molecule has 3 rings (SSSR count). The third-order valence-corrected chi connectivity index (χ3v) is 4.84. The Morgan fingerprint density at radius 1 is 1.21 bits per heavy atom. The van der Waals surface area contributed by atoms with Crippen molar-refractivity contribution in [1.29, 1.82) is 0 Å². The number of nitrogen functional groups attached to an aromatic ring is 1. The molecule has 100 valence electrons. The molecule has 0 bridgehead atoms. The first-order valence-electron chi connectivity index (χ1n) is 6.59. The Bertz CT molecular complexity index is 587. The van der Waals surface area contributed by atoms with Crippen LogP contribution in [0.4, 0.5) is 11.6 Å². The van der Waals surface area contributed by atoms with E-state index in [1.807, 2.05) is 36.0 Å². The van der Waals surface area contributed by atoms with Gasteiger partial charge in [0.25, 0.3) is 0 Å². The molecule has 3 N–H and O–H groups in total. The van der Waals surface area contributed by atoms with Gasteiger partial charge in [-0.15, -0.1) is 0 Å². The quantitative estimate of drug-likeness (QED) is 0.901. The summed E-state index contributed by atoms with van der Waals surface area (Å²) in [7, 11) is 0. The molecule has 19 heavy (non-hydrogen) atoms. The third kappa shape index (κ3) is 2.47. The van der Waals surface area contributed by atoms with Crippen molar-refractivity contribution >= 4 is 34.4 Å². The van der Waals surface area contributed by atoms with E-state index in [1.165, 1.54) is 19.3 Å². The summed E-state index contributed by atoms with van der Waals surface area (Å²) in [5.41, 5.74) is 7.74. The summed E-state index contributed by atoms with van der Waals surface area (Å²) in [6.07, 6.45) is 5.88. The zero-order chi connectivity index (χ0) is 13.2. The van der Waals surface area contributed by atoms with Crippen LogP contribution in [0.25, 0.3) is 11.0 Å². The van der Waals surface area contributed by atoms with Crippen molar-refractivity contribution in [2.24, 2.45) is 0 Å². The number of fused-ring (bicyclic) bond motifs is 1. The molecule has 0 amide bonds. The average Bonchev–Trinajstić information content (AvgIpc) is 2.87. The Labute approximate surface area is 117 Å². The SMILES string of the molecule is CSC1CCCC1Nc1nc2ccccc2nc1N. The number of nitrogens with two attached hydrogens (primary N) is 1. The minimum absolute atomic E-state index is 0.452. The normalized spacial score (nSPS) is 22.8. The second-order valence-electron chi connectivity index (χ2n) is 4.90. The molecule has 0 saturated heterocycles. The minimum atomic E-state index is 0.452. The zero-order valence-corrected chi connectivity index (χ0v) is 11.8. The molecule has 1 saturated carbocycles. The van der Waals surface area contributed by atoms with Gasteiger partial charge in [-0.25, -0.2) is 9.97 Å². The maximum absolute atomic E-state index is 6.01. The first-order valence-corrected chi connectivity index (χ1v) is 7.88. The van der Waals surface area contributed by atoms with Crippen LogP contribution in [0, 0.1) is 0 Å². The summed E-state index contributed by atoms with van der Waals surface area (Å²) in [5.74, 6) is 1.22. The standard InChI is InChI=1S/C14H18N4S/c1-19-12-8-4-7-11(12)18-14-13(15)16-9-5-2-3-6-10(9)17-14/h2-3,5-6,11-12H,4,7-8H2,1H3,(H2,15,16)(H,17,18). The third-order valence-electron chi connectivity index (χ3n) is 3.67. The number of para-hydroxylation sites is 2. The van der Waals surface area contributed by atoms with Crippen LogP contribution in [-0.2, 0) is 0 Å². The van der Waals surface area contributed by atoms with E-state index >= 15 is 0 Å². The number of hydrogen-bond donors (Lipinski definition) is 2. The number of nitrogens with one attached hydrogen (secondary N) is 1. The van der Waals surface area contributed by atoms with Crippen molar-refractivity contribution in [2.75, 3.05) is 17.3 Å². The summed E-state index contributed by atoms with van der Waals surface area (Å²) < 4.78 is 0. The lowest BCUT2D eigenvalue weighted by Crippen LogP contribution is -2.27. The van der Waals surface area contributed by atoms with E-state index in [2.05, 4.69) is 21.5 Å². The van der Waals surface area contributed by atoms with Crippen LogP contribution in [-0.4, -0.2) is 27.5 Å². The van der Waals surface area contributed by atoms with Gasteiger partial charge in [-0.2, -0.15) is 11.8 Å². The van der Waals surface area contributed by atoms with E-state index in [9.17, 15) is 0 Å². The number of nitrogens with zero attached hydrogens (tertiary/aromatic N) is 2. The lowest BCUT2D eigenvalue weighted by Gasteiger charge is -2.20. The molecule has 2 aromatic rings. The van der Waals surface area contributed by atoms with Gasteiger partial charge in [0.05, 0.1) is 11.0 Å². The number of rotatable bonds is 3. The summed E-state index contributed by atoms with van der Waals surface area (Å²) >= 11 is 1.92. The lowest BCUT2D eigenvalue weighted by molar-refractivity contribution is 0.764. The highest BCUT2D eigenvalue weighted by Crippen LogP contribution is 2.31. The number of hydrogen-bond acceptors (Lipinski definition) is 5. The topological polar surface area (TPSA) is 63.8 Å². The monoisotopic (exact) mass is 274 g/mol. The number of anilines is 2. The summed E-state index contributed by atoms with van der Waals surface area (Å²) in [5, 5.41) is 4.13. The second kappa shape index (κ2) is 5.25. The summed E-state index contributed by atoms with van der Waals surface area (Å²) in [4.78, 5) is 9.01. The maximum Gasteiger partial charge on any atom is 0.169 e. The van der Waals surface area contributed by atoms with E-state index in [1.54, 1.807) is 0 Å². The van der Waals surface area contributed by atoms with Crippen LogP contribution in [0.2, 0.25) is 0 Å². The van der Waals surface area contributed by atoms with Gasteiger partial charge in [-0.1, -0.05) is 18.6 Å². The largest absolute Gasteiger partial charge is 0.381 e. The number of aromatic nitrogens is 2. The molecule has 0 spiro atoms. The predicted molar refractivity (Wildman–Crippen MR) is 82.5 cm³/mol. The number of thioether (sulfide) groups is 1. The molecule has 1 aromatic heterocycles. The first-order chi connectivity index (χ1) is 9.28. The smallest absolute Gasteiger partial charge is 0.169 e. The Hall–Kier alpha value is -1.49. The predicted octanol–water partition coefficient (Wildman–Crippen LogP) is 2.91. The molecule has 1 aromatic carbocycles. The molecule has 4 nitrogen and oxygen atoms in total. The minimum Gasteiger partial charge on any atom is -0.381 e. The average molecular weight is 274 g/mol. The van der Waals surface area contributed by atoms with Gasteiger partial charge in [0.1, 0.15) is 0 Å². The van der Waals surface area contributed by atoms with Crippen LogP contribution >= 0.6 is 11.8 Å². The first kappa shape index (κ1) is 12.5. The lowest BCUT2D eigenvalue weighted by atomic mass is 10.2. The Balaban J connectivity index is 1.90. The van der Waals surface area contributed by atoms with E-state index in [4.69, 9.17) is 5.73 Å². The molecule has 1 heterocycles. The molecule has 5 heteroatoms. The molecule has 1 aliphatic rings. The Morgan fingerprint density at radius 3 is 2.68 bits per heavy atom. The van der Waals surface area contributed by atoms with E-state index in [0.29, 0.717) is 17.1 Å². The van der Waals surface area contributed by atoms with Crippen molar-refractivity contribution in [1.82, 2.24) is 9.97 Å². The fourth-order valence-corrected chi connectivity index (χ4v) is 3.60. The van der Waals surface area contributed by atoms with Crippen LogP contribution in [0.5, 0.6) is 0 Å². The van der Waals surface area contributed by atoms with Crippen LogP contribution in [0.1, 0.15) is 19.3 Å². The van der Waals surface area contributed by atoms with Crippen LogP contribution < -0.4 is 11.1 Å². The Kier molecular flexibility index (Phi) is 3.46. The highest BCUT2D eigenvalue weighted by molar-refractivity contribution is 7.99. The van der Waals surface area contributed by atoms with E-state index in [0.717, 1.165) is 16.9 Å². The molecule has 1 fully saturated rings. The molecule has 2 atom stereocenters. The number of benzene rings is 1. The highest BCUT2D eigenvalue weighted by Gasteiger charge is 2.27. The molecular formula is C14H18N4S. The van der Waals surface area contributed by atoms with Gasteiger partial charge >= 0.3 is 0 Å². The van der Waals surface area contributed by atoms with Gasteiger partial charge < -0.3 is 11.1 Å². The van der Waals surface area contributed by atoms with Crippen LogP contribution in [0.15, 0.2) is 24.3 Å². The van der Waals surface area contributed by atoms with Crippen molar-refractivity contribution in [2.45, 2.75) is 30.6 Å². The maximum atomic E-state index is 6.01. The van der Waals surface area contributed by atoms with E-state index in [-0.39, 0.29) is 0 Å². The van der Waals surface area contributed by atoms with Gasteiger partial charge in [-0.05, 0) is 31.2 Å². The van der Waals surface area contributed by atoms with Crippen molar-refractivity contribution in [3.05, 3.63) is 24.3 Å². The van der Waals surface area contributed by atoms with Crippen LogP contribution in [0.3, 0.4) is 0 Å². The fourth-order valence-electron chi connectivity index (χ4n) is 2.67. The summed E-state index contributed by atoms with van der Waals surface area (Å²) in [6.45, 7) is 0. The molecular weight excluding hydrogens is 256 g/mol. The Morgan fingerprint density at radius 2 is 1.95 bits per heavy atom. The molecule has 0 aliphatic heterocycles. The van der Waals surface area contributed by atoms with Crippen molar-refractivity contribution < 1.29 is 0 Å². The molecule has 2 unspecified atom stereocenters. The van der Waals surface area contributed by atoms with Crippen molar-refractivity contribution in [3.8, 4) is 0 Å². The highest BCUT2D eigenvalue weighted by atomic mass is 32.2. The molecule has 0 radical (unpaired) electrons. The van der Waals surface area contributed by atoms with Gasteiger partial charge in [0.15, 0.2) is 11.6 Å². The van der Waals surface area contributed by atoms with Gasteiger partial charge in [0.2, 0.25) is 0 Å². The van der Waals surface area contributed by atoms with Gasteiger partial charge in [-0.3, -0.25) is 0 Å². The van der Waals surface area contributed by atoms with Crippen molar-refractivity contribution in [3.63, 3.8) is 0 Å². The summed E-state index contributed by atoms with van der Waals surface area (Å²) in [6, 6.07) is 8.27. The van der Waals surface area contributed by atoms with Gasteiger partial charge in [0, 0.05) is 11.3 Å². The molecule has 1 aliphatic carbocycles. The van der Waals surface area contributed by atoms with E-state index < -0.39 is 0 Å². The second-order valence-corrected chi connectivity index (χ2v) is 5.98. The fraction of sp³-hybridized carbons (Fsp3) is 0.429. The zero-order valence-electron chi connectivity index (χ0n) is 11.0.